The number of carbonyl (C=O) groups is 1. The van der Waals surface area contributed by atoms with E-state index in [9.17, 15) is 4.79 Å². The Bertz CT molecular complexity index is 456. The number of amides is 1. The van der Waals surface area contributed by atoms with Crippen LogP contribution in [0.3, 0.4) is 0 Å². The molecule has 0 saturated carbocycles. The number of hydrogen-bond acceptors (Lipinski definition) is 3. The number of likely N-dealkylation sites (N-methyl/N-ethyl adjacent to an activating group) is 1. The number of hydrogen-bond donors (Lipinski definition) is 0. The van der Waals surface area contributed by atoms with Gasteiger partial charge in [0.2, 0.25) is 0 Å². The maximum absolute atomic E-state index is 12.1. The molecule has 21 heavy (non-hydrogen) atoms. The van der Waals surface area contributed by atoms with Gasteiger partial charge in [0.05, 0.1) is 0 Å². The molecule has 116 valence electrons. The first-order chi connectivity index (χ1) is 10.2. The third kappa shape index (κ3) is 5.05. The first-order valence-corrected chi connectivity index (χ1v) is 7.81. The second kappa shape index (κ2) is 8.03. The van der Waals surface area contributed by atoms with Crippen LogP contribution in [-0.4, -0.2) is 55.5 Å². The molecule has 0 N–H and O–H groups in total. The Morgan fingerprint density at radius 3 is 2.67 bits per heavy atom. The molecule has 1 aliphatic heterocycles. The number of benzene rings is 1. The van der Waals surface area contributed by atoms with Gasteiger partial charge in [-0.1, -0.05) is 24.6 Å². The van der Waals surface area contributed by atoms with Crippen LogP contribution in [0, 0.1) is 6.92 Å². The average molecular weight is 290 g/mol. The van der Waals surface area contributed by atoms with E-state index in [0.717, 1.165) is 24.4 Å². The summed E-state index contributed by atoms with van der Waals surface area (Å²) in [4.78, 5) is 16.3. The lowest BCUT2D eigenvalue weighted by Crippen LogP contribution is -2.40. The lowest BCUT2D eigenvalue weighted by Gasteiger charge is -2.28. The summed E-state index contributed by atoms with van der Waals surface area (Å²) >= 11 is 0. The summed E-state index contributed by atoms with van der Waals surface area (Å²) in [6, 6.07) is 7.78. The van der Waals surface area contributed by atoms with Gasteiger partial charge in [0.25, 0.3) is 5.91 Å². The molecule has 2 rings (SSSR count). The van der Waals surface area contributed by atoms with Crippen LogP contribution < -0.4 is 4.74 Å². The van der Waals surface area contributed by atoms with E-state index in [2.05, 4.69) is 4.90 Å². The predicted molar refractivity (Wildman–Crippen MR) is 84.6 cm³/mol. The predicted octanol–water partition coefficient (Wildman–Crippen LogP) is 2.32. The number of rotatable bonds is 6. The summed E-state index contributed by atoms with van der Waals surface area (Å²) in [6.07, 6.45) is 3.91. The summed E-state index contributed by atoms with van der Waals surface area (Å²) in [5.74, 6) is 0.825. The van der Waals surface area contributed by atoms with Crippen LogP contribution in [0.15, 0.2) is 24.3 Å². The number of carbonyl (C=O) groups excluding carboxylic acids is 1. The first-order valence-electron chi connectivity index (χ1n) is 7.81. The highest BCUT2D eigenvalue weighted by Gasteiger charge is 2.14. The highest BCUT2D eigenvalue weighted by atomic mass is 16.5. The van der Waals surface area contributed by atoms with Gasteiger partial charge in [0.1, 0.15) is 5.75 Å². The Kier molecular flexibility index (Phi) is 6.05. The summed E-state index contributed by atoms with van der Waals surface area (Å²) < 4.78 is 5.61. The van der Waals surface area contributed by atoms with E-state index in [0.29, 0.717) is 0 Å². The molecule has 0 unspecified atom stereocenters. The molecule has 0 spiro atoms. The SMILES string of the molecule is Cc1ccccc1OCC(=O)N(C)CCN1CCCCC1. The van der Waals surface area contributed by atoms with Gasteiger partial charge >= 0.3 is 0 Å². The third-order valence-electron chi connectivity index (χ3n) is 4.07. The third-order valence-corrected chi connectivity index (χ3v) is 4.07. The Labute approximate surface area is 127 Å². The highest BCUT2D eigenvalue weighted by Crippen LogP contribution is 2.16. The monoisotopic (exact) mass is 290 g/mol. The molecule has 4 nitrogen and oxygen atoms in total. The van der Waals surface area contributed by atoms with Crippen LogP contribution in [0.4, 0.5) is 0 Å². The molecule has 1 saturated heterocycles. The number of ether oxygens (including phenoxy) is 1. The average Bonchev–Trinajstić information content (AvgIpc) is 2.52. The van der Waals surface area contributed by atoms with E-state index in [1.807, 2.05) is 38.2 Å². The Hall–Kier alpha value is -1.55. The molecule has 0 aromatic heterocycles. The Balaban J connectivity index is 1.71. The maximum atomic E-state index is 12.1. The van der Waals surface area contributed by atoms with Crippen LogP contribution in [0.1, 0.15) is 24.8 Å². The van der Waals surface area contributed by atoms with Gasteiger partial charge < -0.3 is 14.5 Å². The number of likely N-dealkylation sites (tertiary alicyclic amines) is 1. The quantitative estimate of drug-likeness (QED) is 0.806. The topological polar surface area (TPSA) is 32.8 Å². The maximum Gasteiger partial charge on any atom is 0.260 e. The van der Waals surface area contributed by atoms with Crippen LogP contribution in [0.25, 0.3) is 0 Å². The minimum absolute atomic E-state index is 0.0373. The van der Waals surface area contributed by atoms with Gasteiger partial charge in [0, 0.05) is 20.1 Å². The summed E-state index contributed by atoms with van der Waals surface area (Å²) in [5, 5.41) is 0. The first kappa shape index (κ1) is 15.8. The Morgan fingerprint density at radius 1 is 1.24 bits per heavy atom. The molecule has 0 bridgehead atoms. The normalized spacial score (nSPS) is 15.7. The van der Waals surface area contributed by atoms with Crippen molar-refractivity contribution >= 4 is 5.91 Å². The molecular formula is C17H26N2O2. The van der Waals surface area contributed by atoms with E-state index in [4.69, 9.17) is 4.74 Å². The van der Waals surface area contributed by atoms with E-state index < -0.39 is 0 Å². The molecule has 1 aliphatic rings. The fourth-order valence-electron chi connectivity index (χ4n) is 2.57. The van der Waals surface area contributed by atoms with Crippen molar-refractivity contribution in [2.24, 2.45) is 0 Å². The van der Waals surface area contributed by atoms with Gasteiger partial charge in [-0.2, -0.15) is 0 Å². The zero-order chi connectivity index (χ0) is 15.1. The van der Waals surface area contributed by atoms with Crippen molar-refractivity contribution in [1.82, 2.24) is 9.80 Å². The number of para-hydroxylation sites is 1. The standard InChI is InChI=1S/C17H26N2O2/c1-15-8-4-5-9-16(15)21-14-17(20)18(2)12-13-19-10-6-3-7-11-19/h4-5,8-9H,3,6-7,10-14H2,1-2H3. The van der Waals surface area contributed by atoms with Crippen molar-refractivity contribution < 1.29 is 9.53 Å². The van der Waals surface area contributed by atoms with Gasteiger partial charge in [-0.25, -0.2) is 0 Å². The second-order valence-electron chi connectivity index (χ2n) is 5.77. The molecule has 1 fully saturated rings. The number of nitrogens with zero attached hydrogens (tertiary/aromatic N) is 2. The van der Waals surface area contributed by atoms with E-state index in [-0.39, 0.29) is 12.5 Å². The largest absolute Gasteiger partial charge is 0.484 e. The number of piperidine rings is 1. The highest BCUT2D eigenvalue weighted by molar-refractivity contribution is 5.77. The van der Waals surface area contributed by atoms with Crippen LogP contribution in [0.2, 0.25) is 0 Å². The zero-order valence-corrected chi connectivity index (χ0v) is 13.2. The molecular weight excluding hydrogens is 264 g/mol. The van der Waals surface area contributed by atoms with Crippen LogP contribution >= 0.6 is 0 Å². The lowest BCUT2D eigenvalue weighted by atomic mass is 10.1. The van der Waals surface area contributed by atoms with Crippen molar-refractivity contribution in [2.75, 3.05) is 39.8 Å². The van der Waals surface area contributed by atoms with Gasteiger partial charge in [-0.3, -0.25) is 4.79 Å². The molecule has 0 atom stereocenters. The summed E-state index contributed by atoms with van der Waals surface area (Å²) in [5.41, 5.74) is 1.06. The molecule has 1 amide bonds. The van der Waals surface area contributed by atoms with Crippen LogP contribution in [0.5, 0.6) is 5.75 Å². The molecule has 1 aromatic carbocycles. The van der Waals surface area contributed by atoms with Crippen LogP contribution in [-0.2, 0) is 4.79 Å². The molecule has 4 heteroatoms. The second-order valence-corrected chi connectivity index (χ2v) is 5.77. The fraction of sp³-hybridized carbons (Fsp3) is 0.588. The van der Waals surface area contributed by atoms with Crippen molar-refractivity contribution in [1.29, 1.82) is 0 Å². The van der Waals surface area contributed by atoms with Crippen molar-refractivity contribution in [3.05, 3.63) is 29.8 Å². The summed E-state index contributed by atoms with van der Waals surface area (Å²) in [6.45, 7) is 6.17. The van der Waals surface area contributed by atoms with Gasteiger partial charge in [0.15, 0.2) is 6.61 Å². The fourth-order valence-corrected chi connectivity index (χ4v) is 2.57. The van der Waals surface area contributed by atoms with E-state index >= 15 is 0 Å². The van der Waals surface area contributed by atoms with E-state index in [1.165, 1.54) is 32.4 Å². The molecule has 0 radical (unpaired) electrons. The minimum Gasteiger partial charge on any atom is -0.484 e. The van der Waals surface area contributed by atoms with Crippen molar-refractivity contribution in [3.8, 4) is 5.75 Å². The Morgan fingerprint density at radius 2 is 1.95 bits per heavy atom. The molecule has 1 heterocycles. The van der Waals surface area contributed by atoms with Crippen molar-refractivity contribution in [2.45, 2.75) is 26.2 Å². The van der Waals surface area contributed by atoms with Gasteiger partial charge in [-0.15, -0.1) is 0 Å². The zero-order valence-electron chi connectivity index (χ0n) is 13.2. The number of aryl methyl sites for hydroxylation is 1. The molecule has 0 aliphatic carbocycles. The van der Waals surface area contributed by atoms with Crippen molar-refractivity contribution in [3.63, 3.8) is 0 Å². The minimum atomic E-state index is 0.0373. The lowest BCUT2D eigenvalue weighted by molar-refractivity contribution is -0.132. The van der Waals surface area contributed by atoms with E-state index in [1.54, 1.807) is 4.90 Å². The molecule has 1 aromatic rings. The van der Waals surface area contributed by atoms with Gasteiger partial charge in [-0.05, 0) is 44.5 Å². The smallest absolute Gasteiger partial charge is 0.260 e. The summed E-state index contributed by atoms with van der Waals surface area (Å²) in [7, 11) is 1.85.